The Labute approximate surface area is 90.4 Å². The maximum atomic E-state index is 3.48. The van der Waals surface area contributed by atoms with Gasteiger partial charge in [-0.05, 0) is 25.9 Å². The average molecular weight is 249 g/mol. The lowest BCUT2D eigenvalue weighted by Crippen LogP contribution is -2.46. The first-order valence-corrected chi connectivity index (χ1v) is 6.49. The molecule has 0 aliphatic carbocycles. The molecule has 0 radical (unpaired) electrons. The van der Waals surface area contributed by atoms with Crippen molar-refractivity contribution < 1.29 is 0 Å². The van der Waals surface area contributed by atoms with Crippen molar-refractivity contribution in [3.05, 3.63) is 0 Å². The van der Waals surface area contributed by atoms with Crippen molar-refractivity contribution in [3.8, 4) is 0 Å². The number of nitrogens with zero attached hydrogens (tertiary/aromatic N) is 2. The second-order valence-electron chi connectivity index (χ2n) is 3.73. The molecule has 3 heteroatoms. The molecule has 0 aromatic rings. The van der Waals surface area contributed by atoms with Crippen LogP contribution < -0.4 is 0 Å². The molecule has 0 atom stereocenters. The highest BCUT2D eigenvalue weighted by Crippen LogP contribution is 2.03. The van der Waals surface area contributed by atoms with Crippen LogP contribution in [0.15, 0.2) is 0 Å². The molecule has 0 bridgehead atoms. The molecule has 0 spiro atoms. The van der Waals surface area contributed by atoms with Gasteiger partial charge in [0.25, 0.3) is 0 Å². The summed E-state index contributed by atoms with van der Waals surface area (Å²) in [6.45, 7) is 9.90. The number of hydrogen-bond acceptors (Lipinski definition) is 2. The molecule has 0 aromatic heterocycles. The number of halogens is 1. The van der Waals surface area contributed by atoms with Crippen molar-refractivity contribution in [1.82, 2.24) is 9.80 Å². The van der Waals surface area contributed by atoms with Gasteiger partial charge in [0, 0.05) is 31.5 Å². The molecule has 2 nitrogen and oxygen atoms in total. The average Bonchev–Trinajstić information content (AvgIpc) is 2.17. The minimum absolute atomic E-state index is 1.14. The van der Waals surface area contributed by atoms with E-state index >= 15 is 0 Å². The monoisotopic (exact) mass is 248 g/mol. The van der Waals surface area contributed by atoms with Crippen LogP contribution in [0.25, 0.3) is 0 Å². The van der Waals surface area contributed by atoms with Gasteiger partial charge in [0.2, 0.25) is 0 Å². The normalized spacial score (nSPS) is 20.8. The number of piperazine rings is 1. The van der Waals surface area contributed by atoms with Gasteiger partial charge >= 0.3 is 0 Å². The van der Waals surface area contributed by atoms with Crippen LogP contribution in [0.2, 0.25) is 0 Å². The summed E-state index contributed by atoms with van der Waals surface area (Å²) in [5.41, 5.74) is 0. The first-order chi connectivity index (χ1) is 6.36. The third-order valence-electron chi connectivity index (χ3n) is 2.61. The predicted octanol–water partition coefficient (Wildman–Crippen LogP) is 1.80. The zero-order chi connectivity index (χ0) is 9.52. The van der Waals surface area contributed by atoms with E-state index in [1.807, 2.05) is 0 Å². The minimum atomic E-state index is 1.14. The van der Waals surface area contributed by atoms with Gasteiger partial charge in [0.05, 0.1) is 0 Å². The van der Waals surface area contributed by atoms with Crippen LogP contribution in [-0.4, -0.2) is 54.4 Å². The van der Waals surface area contributed by atoms with Gasteiger partial charge in [0.15, 0.2) is 0 Å². The minimum Gasteiger partial charge on any atom is -0.301 e. The van der Waals surface area contributed by atoms with Gasteiger partial charge in [-0.3, -0.25) is 0 Å². The van der Waals surface area contributed by atoms with Crippen LogP contribution in [0.4, 0.5) is 0 Å². The quantitative estimate of drug-likeness (QED) is 0.685. The maximum Gasteiger partial charge on any atom is 0.0110 e. The lowest BCUT2D eigenvalue weighted by molar-refractivity contribution is 0.133. The fourth-order valence-electron chi connectivity index (χ4n) is 1.84. The van der Waals surface area contributed by atoms with E-state index in [0.717, 1.165) is 5.33 Å². The predicted molar refractivity (Wildman–Crippen MR) is 61.6 cm³/mol. The fraction of sp³-hybridized carbons (Fsp3) is 1.00. The molecular formula is C10H21BrN2. The van der Waals surface area contributed by atoms with Crippen molar-refractivity contribution in [3.63, 3.8) is 0 Å². The standard InChI is InChI=1S/C10H21BrN2/c1-2-5-12-7-9-13(10-8-12)6-3-4-11/h2-10H2,1H3. The summed E-state index contributed by atoms with van der Waals surface area (Å²) in [7, 11) is 0. The molecule has 0 aromatic carbocycles. The molecule has 0 saturated carbocycles. The Bertz CT molecular complexity index is 122. The topological polar surface area (TPSA) is 6.48 Å². The van der Waals surface area contributed by atoms with Crippen LogP contribution in [-0.2, 0) is 0 Å². The van der Waals surface area contributed by atoms with Gasteiger partial charge in [-0.2, -0.15) is 0 Å². The van der Waals surface area contributed by atoms with Gasteiger partial charge in [0.1, 0.15) is 0 Å². The molecule has 1 rings (SSSR count). The zero-order valence-electron chi connectivity index (χ0n) is 8.64. The molecule has 13 heavy (non-hydrogen) atoms. The molecule has 0 N–H and O–H groups in total. The molecular weight excluding hydrogens is 228 g/mol. The van der Waals surface area contributed by atoms with E-state index in [4.69, 9.17) is 0 Å². The van der Waals surface area contributed by atoms with E-state index in [9.17, 15) is 0 Å². The molecule has 1 saturated heterocycles. The lowest BCUT2D eigenvalue weighted by atomic mass is 10.3. The van der Waals surface area contributed by atoms with E-state index in [1.165, 1.54) is 52.1 Å². The van der Waals surface area contributed by atoms with Gasteiger partial charge in [-0.1, -0.05) is 22.9 Å². The van der Waals surface area contributed by atoms with Gasteiger partial charge < -0.3 is 9.80 Å². The molecule has 78 valence electrons. The van der Waals surface area contributed by atoms with E-state index in [0.29, 0.717) is 0 Å². The Morgan fingerprint density at radius 1 is 1.00 bits per heavy atom. The summed E-state index contributed by atoms with van der Waals surface area (Å²) in [6.07, 6.45) is 2.58. The molecule has 1 aliphatic heterocycles. The summed E-state index contributed by atoms with van der Waals surface area (Å²) >= 11 is 3.48. The molecule has 1 fully saturated rings. The summed E-state index contributed by atoms with van der Waals surface area (Å²) in [5.74, 6) is 0. The zero-order valence-corrected chi connectivity index (χ0v) is 10.2. The Hall–Kier alpha value is 0.400. The summed E-state index contributed by atoms with van der Waals surface area (Å²) in [6, 6.07) is 0. The largest absolute Gasteiger partial charge is 0.301 e. The smallest absolute Gasteiger partial charge is 0.0110 e. The van der Waals surface area contributed by atoms with Crippen LogP contribution in [0.1, 0.15) is 19.8 Å². The number of rotatable bonds is 5. The van der Waals surface area contributed by atoms with E-state index in [-0.39, 0.29) is 0 Å². The first-order valence-electron chi connectivity index (χ1n) is 5.37. The highest BCUT2D eigenvalue weighted by molar-refractivity contribution is 9.09. The summed E-state index contributed by atoms with van der Waals surface area (Å²) < 4.78 is 0. The van der Waals surface area contributed by atoms with Crippen LogP contribution in [0.5, 0.6) is 0 Å². The first kappa shape index (κ1) is 11.5. The van der Waals surface area contributed by atoms with Crippen molar-refractivity contribution in [1.29, 1.82) is 0 Å². The van der Waals surface area contributed by atoms with E-state index in [2.05, 4.69) is 32.7 Å². The molecule has 0 unspecified atom stereocenters. The van der Waals surface area contributed by atoms with Crippen LogP contribution >= 0.6 is 15.9 Å². The number of hydrogen-bond donors (Lipinski definition) is 0. The molecule has 0 amide bonds. The van der Waals surface area contributed by atoms with Crippen molar-refractivity contribution in [2.75, 3.05) is 44.6 Å². The summed E-state index contributed by atoms with van der Waals surface area (Å²) in [4.78, 5) is 5.15. The second-order valence-corrected chi connectivity index (χ2v) is 4.52. The molecule has 1 heterocycles. The van der Waals surface area contributed by atoms with Gasteiger partial charge in [-0.25, -0.2) is 0 Å². The lowest BCUT2D eigenvalue weighted by Gasteiger charge is -2.34. The van der Waals surface area contributed by atoms with Crippen molar-refractivity contribution >= 4 is 15.9 Å². The van der Waals surface area contributed by atoms with Crippen LogP contribution in [0, 0.1) is 0 Å². The SMILES string of the molecule is CCCN1CCN(CCCBr)CC1. The van der Waals surface area contributed by atoms with Gasteiger partial charge in [-0.15, -0.1) is 0 Å². The summed E-state index contributed by atoms with van der Waals surface area (Å²) in [5, 5.41) is 1.14. The maximum absolute atomic E-state index is 3.48. The third kappa shape index (κ3) is 4.43. The highest BCUT2D eigenvalue weighted by Gasteiger charge is 2.14. The Balaban J connectivity index is 2.08. The number of alkyl halides is 1. The Morgan fingerprint density at radius 2 is 1.54 bits per heavy atom. The highest BCUT2D eigenvalue weighted by atomic mass is 79.9. The Kier molecular flexibility index (Phi) is 6.00. The van der Waals surface area contributed by atoms with E-state index < -0.39 is 0 Å². The van der Waals surface area contributed by atoms with Crippen molar-refractivity contribution in [2.24, 2.45) is 0 Å². The second kappa shape index (κ2) is 6.80. The Morgan fingerprint density at radius 3 is 2.00 bits per heavy atom. The van der Waals surface area contributed by atoms with E-state index in [1.54, 1.807) is 0 Å². The van der Waals surface area contributed by atoms with Crippen LogP contribution in [0.3, 0.4) is 0 Å². The van der Waals surface area contributed by atoms with Crippen molar-refractivity contribution in [2.45, 2.75) is 19.8 Å². The third-order valence-corrected chi connectivity index (χ3v) is 3.17. The molecule has 1 aliphatic rings. The fourth-order valence-corrected chi connectivity index (χ4v) is 2.09.